The molecule has 6 heteroatoms. The minimum absolute atomic E-state index is 0.0858. The minimum Gasteiger partial charge on any atom is -0.378 e. The Kier molecular flexibility index (Phi) is 4.87. The van der Waals surface area contributed by atoms with Crippen molar-refractivity contribution >= 4 is 5.91 Å². The predicted octanol–water partition coefficient (Wildman–Crippen LogP) is 2.97. The molecule has 2 aromatic carbocycles. The Labute approximate surface area is 170 Å². The number of benzene rings is 2. The highest BCUT2D eigenvalue weighted by molar-refractivity contribution is 5.94. The van der Waals surface area contributed by atoms with Crippen molar-refractivity contribution in [1.29, 1.82) is 0 Å². The van der Waals surface area contributed by atoms with Crippen molar-refractivity contribution in [3.8, 4) is 11.3 Å². The molecule has 2 aliphatic heterocycles. The summed E-state index contributed by atoms with van der Waals surface area (Å²) in [5.41, 5.74) is 3.98. The van der Waals surface area contributed by atoms with E-state index in [1.807, 2.05) is 41.3 Å². The Morgan fingerprint density at radius 1 is 1.00 bits per heavy atom. The highest BCUT2D eigenvalue weighted by Gasteiger charge is 2.37. The molecule has 2 saturated heterocycles. The maximum atomic E-state index is 13.1. The predicted molar refractivity (Wildman–Crippen MR) is 110 cm³/mol. The standard InChI is InChI=1S/C23H24N4O2/c28-23(19-8-6-17(7-9-19)21-10-11-24-25-21)26-12-13-27-20(14-26)15-29-16-22(27)18-4-2-1-3-5-18/h1-11,20,22H,12-16H2,(H,24,25)/t20-,22-/m1/s1. The molecule has 2 atom stereocenters. The fourth-order valence-corrected chi connectivity index (χ4v) is 4.38. The minimum atomic E-state index is 0.0858. The fourth-order valence-electron chi connectivity index (χ4n) is 4.38. The molecule has 2 aliphatic rings. The third-order valence-electron chi connectivity index (χ3n) is 5.93. The average Bonchev–Trinajstić information content (AvgIpc) is 3.33. The summed E-state index contributed by atoms with van der Waals surface area (Å²) >= 11 is 0. The smallest absolute Gasteiger partial charge is 0.253 e. The van der Waals surface area contributed by atoms with E-state index in [0.29, 0.717) is 19.8 Å². The average molecular weight is 388 g/mol. The van der Waals surface area contributed by atoms with Gasteiger partial charge in [-0.2, -0.15) is 5.10 Å². The summed E-state index contributed by atoms with van der Waals surface area (Å²) in [6.07, 6.45) is 1.73. The van der Waals surface area contributed by atoms with Gasteiger partial charge in [-0.1, -0.05) is 42.5 Å². The summed E-state index contributed by atoms with van der Waals surface area (Å²) in [4.78, 5) is 17.5. The van der Waals surface area contributed by atoms with Gasteiger partial charge in [0.25, 0.3) is 5.91 Å². The highest BCUT2D eigenvalue weighted by Crippen LogP contribution is 2.30. The van der Waals surface area contributed by atoms with E-state index in [-0.39, 0.29) is 18.0 Å². The van der Waals surface area contributed by atoms with Crippen LogP contribution in [0.1, 0.15) is 22.0 Å². The number of aromatic amines is 1. The van der Waals surface area contributed by atoms with Gasteiger partial charge >= 0.3 is 0 Å². The third-order valence-corrected chi connectivity index (χ3v) is 5.93. The number of hydrogen-bond acceptors (Lipinski definition) is 4. The molecular weight excluding hydrogens is 364 g/mol. The van der Waals surface area contributed by atoms with E-state index in [0.717, 1.165) is 29.9 Å². The Bertz CT molecular complexity index is 956. The number of amides is 1. The first-order chi connectivity index (χ1) is 14.3. The first-order valence-electron chi connectivity index (χ1n) is 10.1. The zero-order chi connectivity index (χ0) is 19.6. The molecule has 0 bridgehead atoms. The lowest BCUT2D eigenvalue weighted by molar-refractivity contribution is -0.0770. The Morgan fingerprint density at radius 2 is 1.83 bits per heavy atom. The summed E-state index contributed by atoms with van der Waals surface area (Å²) in [5.74, 6) is 0.0858. The van der Waals surface area contributed by atoms with E-state index >= 15 is 0 Å². The number of fused-ring (bicyclic) bond motifs is 1. The van der Waals surface area contributed by atoms with Crippen molar-refractivity contribution in [2.75, 3.05) is 32.8 Å². The first-order valence-corrected chi connectivity index (χ1v) is 10.1. The second-order valence-corrected chi connectivity index (χ2v) is 7.65. The lowest BCUT2D eigenvalue weighted by atomic mass is 9.99. The Hall–Kier alpha value is -2.96. The second kappa shape index (κ2) is 7.81. The molecule has 1 aromatic heterocycles. The Morgan fingerprint density at radius 3 is 2.59 bits per heavy atom. The van der Waals surface area contributed by atoms with Crippen LogP contribution in [-0.4, -0.2) is 64.8 Å². The van der Waals surface area contributed by atoms with E-state index in [2.05, 4.69) is 39.4 Å². The lowest BCUT2D eigenvalue weighted by Crippen LogP contribution is -2.60. The van der Waals surface area contributed by atoms with Crippen molar-refractivity contribution < 1.29 is 9.53 Å². The fraction of sp³-hybridized carbons (Fsp3) is 0.304. The number of morpholine rings is 1. The van der Waals surface area contributed by atoms with Crippen LogP contribution in [0.2, 0.25) is 0 Å². The van der Waals surface area contributed by atoms with Crippen LogP contribution in [0.25, 0.3) is 11.3 Å². The number of carbonyl (C=O) groups is 1. The van der Waals surface area contributed by atoms with Gasteiger partial charge in [-0.25, -0.2) is 0 Å². The first kappa shape index (κ1) is 18.1. The summed E-state index contributed by atoms with van der Waals surface area (Å²) in [6, 6.07) is 20.7. The van der Waals surface area contributed by atoms with Gasteiger partial charge in [-0.15, -0.1) is 0 Å². The molecule has 29 heavy (non-hydrogen) atoms. The molecule has 0 spiro atoms. The van der Waals surface area contributed by atoms with E-state index in [4.69, 9.17) is 4.74 Å². The van der Waals surface area contributed by atoms with E-state index in [1.54, 1.807) is 6.20 Å². The van der Waals surface area contributed by atoms with Crippen molar-refractivity contribution in [3.05, 3.63) is 78.0 Å². The number of nitrogens with zero attached hydrogens (tertiary/aromatic N) is 3. The van der Waals surface area contributed by atoms with Crippen LogP contribution in [0.5, 0.6) is 0 Å². The molecule has 2 fully saturated rings. The van der Waals surface area contributed by atoms with Crippen molar-refractivity contribution in [3.63, 3.8) is 0 Å². The molecule has 6 nitrogen and oxygen atoms in total. The molecule has 5 rings (SSSR count). The topological polar surface area (TPSA) is 61.5 Å². The zero-order valence-electron chi connectivity index (χ0n) is 16.2. The molecule has 3 aromatic rings. The molecule has 1 amide bonds. The van der Waals surface area contributed by atoms with Crippen LogP contribution in [0, 0.1) is 0 Å². The van der Waals surface area contributed by atoms with Crippen molar-refractivity contribution in [2.45, 2.75) is 12.1 Å². The van der Waals surface area contributed by atoms with Crippen LogP contribution in [0.4, 0.5) is 0 Å². The lowest BCUT2D eigenvalue weighted by Gasteiger charge is -2.48. The summed E-state index contributed by atoms with van der Waals surface area (Å²) in [6.45, 7) is 3.69. The summed E-state index contributed by atoms with van der Waals surface area (Å²) in [5, 5.41) is 6.93. The van der Waals surface area contributed by atoms with Gasteiger partial charge in [0, 0.05) is 31.4 Å². The summed E-state index contributed by atoms with van der Waals surface area (Å²) in [7, 11) is 0. The van der Waals surface area contributed by atoms with Gasteiger partial charge in [0.05, 0.1) is 31.0 Å². The van der Waals surface area contributed by atoms with Gasteiger partial charge in [0.15, 0.2) is 0 Å². The molecular formula is C23H24N4O2. The maximum Gasteiger partial charge on any atom is 0.253 e. The van der Waals surface area contributed by atoms with Crippen LogP contribution in [0.3, 0.4) is 0 Å². The molecule has 0 unspecified atom stereocenters. The molecule has 0 aliphatic carbocycles. The largest absolute Gasteiger partial charge is 0.378 e. The third kappa shape index (κ3) is 3.57. The molecule has 0 saturated carbocycles. The van der Waals surface area contributed by atoms with E-state index in [1.165, 1.54) is 5.56 Å². The quantitative estimate of drug-likeness (QED) is 0.749. The molecule has 1 N–H and O–H groups in total. The number of rotatable bonds is 3. The maximum absolute atomic E-state index is 13.1. The number of ether oxygens (including phenoxy) is 1. The van der Waals surface area contributed by atoms with Crippen LogP contribution < -0.4 is 0 Å². The van der Waals surface area contributed by atoms with E-state index in [9.17, 15) is 4.79 Å². The van der Waals surface area contributed by atoms with Gasteiger partial charge in [0.1, 0.15) is 0 Å². The van der Waals surface area contributed by atoms with Gasteiger partial charge in [-0.05, 0) is 29.3 Å². The van der Waals surface area contributed by atoms with E-state index < -0.39 is 0 Å². The number of aromatic nitrogens is 2. The zero-order valence-corrected chi connectivity index (χ0v) is 16.2. The van der Waals surface area contributed by atoms with Crippen LogP contribution >= 0.6 is 0 Å². The number of piperazine rings is 1. The molecule has 148 valence electrons. The van der Waals surface area contributed by atoms with Gasteiger partial charge in [-0.3, -0.25) is 14.8 Å². The number of H-pyrrole nitrogens is 1. The number of nitrogens with one attached hydrogen (secondary N) is 1. The van der Waals surface area contributed by atoms with Crippen LogP contribution in [0.15, 0.2) is 66.9 Å². The van der Waals surface area contributed by atoms with Crippen LogP contribution in [-0.2, 0) is 4.74 Å². The Balaban J connectivity index is 1.28. The number of carbonyl (C=O) groups excluding carboxylic acids is 1. The number of hydrogen-bond donors (Lipinski definition) is 1. The summed E-state index contributed by atoms with van der Waals surface area (Å²) < 4.78 is 5.91. The van der Waals surface area contributed by atoms with Crippen molar-refractivity contribution in [2.24, 2.45) is 0 Å². The SMILES string of the molecule is O=C(c1ccc(-c2ccn[nH]2)cc1)N1CCN2[C@@H](COC[C@@H]2c2ccccc2)C1. The monoisotopic (exact) mass is 388 g/mol. The van der Waals surface area contributed by atoms with Gasteiger partial charge in [0.2, 0.25) is 0 Å². The highest BCUT2D eigenvalue weighted by atomic mass is 16.5. The molecule has 0 radical (unpaired) electrons. The normalized spacial score (nSPS) is 22.3. The second-order valence-electron chi connectivity index (χ2n) is 7.65. The van der Waals surface area contributed by atoms with Crippen molar-refractivity contribution in [1.82, 2.24) is 20.0 Å². The van der Waals surface area contributed by atoms with Gasteiger partial charge < -0.3 is 9.64 Å². The molecule has 3 heterocycles.